The number of esters is 1. The monoisotopic (exact) mass is 234 g/mol. The summed E-state index contributed by atoms with van der Waals surface area (Å²) in [6.07, 6.45) is 2.18. The minimum Gasteiger partial charge on any atom is -0.465 e. The first-order valence-corrected chi connectivity index (χ1v) is 5.89. The molecule has 17 heavy (non-hydrogen) atoms. The molecule has 3 heteroatoms. The van der Waals surface area contributed by atoms with Crippen LogP contribution in [-0.2, 0) is 16.0 Å². The van der Waals surface area contributed by atoms with Crippen molar-refractivity contribution < 1.29 is 14.3 Å². The van der Waals surface area contributed by atoms with Crippen molar-refractivity contribution in [2.75, 3.05) is 6.61 Å². The summed E-state index contributed by atoms with van der Waals surface area (Å²) in [5.41, 5.74) is 1.53. The number of hydrogen-bond donors (Lipinski definition) is 0. The molecule has 0 atom stereocenters. The van der Waals surface area contributed by atoms with Gasteiger partial charge in [0.15, 0.2) is 5.78 Å². The number of carbonyl (C=O) groups excluding carboxylic acids is 2. The molecule has 1 aromatic carbocycles. The molecule has 1 aromatic rings. The number of rotatable bonds is 6. The van der Waals surface area contributed by atoms with Crippen molar-refractivity contribution in [3.63, 3.8) is 0 Å². The third-order valence-electron chi connectivity index (χ3n) is 2.47. The van der Waals surface area contributed by atoms with E-state index < -0.39 is 0 Å². The summed E-state index contributed by atoms with van der Waals surface area (Å²) in [5, 5.41) is 0. The van der Waals surface area contributed by atoms with Gasteiger partial charge in [0.2, 0.25) is 0 Å². The molecule has 0 radical (unpaired) electrons. The van der Waals surface area contributed by atoms with E-state index in [1.54, 1.807) is 24.3 Å². The lowest BCUT2D eigenvalue weighted by atomic mass is 10.1. The standard InChI is InChI=1S/C14H18O3/c1-3-4-9-17-14(16)10-12-5-7-13(8-6-12)11(2)15/h5-8H,3-4,9-10H2,1-2H3. The molecule has 0 aromatic heterocycles. The van der Waals surface area contributed by atoms with E-state index in [2.05, 4.69) is 0 Å². The predicted octanol–water partition coefficient (Wildman–Crippen LogP) is 2.78. The molecule has 0 unspecified atom stereocenters. The van der Waals surface area contributed by atoms with Crippen LogP contribution in [0, 0.1) is 0 Å². The van der Waals surface area contributed by atoms with E-state index in [9.17, 15) is 9.59 Å². The summed E-state index contributed by atoms with van der Waals surface area (Å²) in [4.78, 5) is 22.5. The predicted molar refractivity (Wildman–Crippen MR) is 66.0 cm³/mol. The van der Waals surface area contributed by atoms with Crippen molar-refractivity contribution in [2.24, 2.45) is 0 Å². The second-order valence-electron chi connectivity index (χ2n) is 4.00. The van der Waals surface area contributed by atoms with E-state index in [0.717, 1.165) is 18.4 Å². The molecule has 0 saturated carbocycles. The quantitative estimate of drug-likeness (QED) is 0.432. The Balaban J connectivity index is 2.46. The first-order valence-electron chi connectivity index (χ1n) is 5.89. The van der Waals surface area contributed by atoms with Crippen molar-refractivity contribution in [1.82, 2.24) is 0 Å². The number of carbonyl (C=O) groups is 2. The lowest BCUT2D eigenvalue weighted by Gasteiger charge is -2.04. The van der Waals surface area contributed by atoms with E-state index in [1.165, 1.54) is 6.92 Å². The van der Waals surface area contributed by atoms with Crippen molar-refractivity contribution in [3.8, 4) is 0 Å². The van der Waals surface area contributed by atoms with Gasteiger partial charge in [0.25, 0.3) is 0 Å². The SMILES string of the molecule is CCCCOC(=O)Cc1ccc(C(C)=O)cc1. The molecule has 1 rings (SSSR count). The van der Waals surface area contributed by atoms with Crippen LogP contribution in [0.1, 0.15) is 42.6 Å². The van der Waals surface area contributed by atoms with E-state index in [0.29, 0.717) is 12.2 Å². The van der Waals surface area contributed by atoms with Crippen LogP contribution in [0.2, 0.25) is 0 Å². The maximum absolute atomic E-state index is 11.4. The Bertz CT molecular complexity index is 379. The normalized spacial score (nSPS) is 10.0. The fourth-order valence-electron chi connectivity index (χ4n) is 1.41. The fourth-order valence-corrected chi connectivity index (χ4v) is 1.41. The topological polar surface area (TPSA) is 43.4 Å². The first-order chi connectivity index (χ1) is 8.13. The van der Waals surface area contributed by atoms with Crippen LogP contribution in [-0.4, -0.2) is 18.4 Å². The van der Waals surface area contributed by atoms with Gasteiger partial charge in [-0.1, -0.05) is 37.6 Å². The summed E-state index contributed by atoms with van der Waals surface area (Å²) in [6, 6.07) is 7.05. The first kappa shape index (κ1) is 13.4. The highest BCUT2D eigenvalue weighted by Gasteiger charge is 2.05. The molecule has 0 heterocycles. The zero-order valence-corrected chi connectivity index (χ0v) is 10.4. The molecular weight excluding hydrogens is 216 g/mol. The number of benzene rings is 1. The smallest absolute Gasteiger partial charge is 0.310 e. The maximum Gasteiger partial charge on any atom is 0.310 e. The molecule has 3 nitrogen and oxygen atoms in total. The van der Waals surface area contributed by atoms with E-state index in [4.69, 9.17) is 4.74 Å². The molecular formula is C14H18O3. The van der Waals surface area contributed by atoms with Crippen LogP contribution in [0.15, 0.2) is 24.3 Å². The highest BCUT2D eigenvalue weighted by Crippen LogP contribution is 2.06. The Morgan fingerprint density at radius 3 is 2.35 bits per heavy atom. The Morgan fingerprint density at radius 2 is 1.82 bits per heavy atom. The van der Waals surface area contributed by atoms with Gasteiger partial charge >= 0.3 is 5.97 Å². The molecule has 0 aliphatic carbocycles. The average molecular weight is 234 g/mol. The van der Waals surface area contributed by atoms with Gasteiger partial charge in [0.05, 0.1) is 13.0 Å². The largest absolute Gasteiger partial charge is 0.465 e. The Kier molecular flexibility index (Phi) is 5.40. The summed E-state index contributed by atoms with van der Waals surface area (Å²) in [7, 11) is 0. The Labute approximate surface area is 102 Å². The molecule has 0 bridgehead atoms. The molecule has 0 aliphatic rings. The van der Waals surface area contributed by atoms with Gasteiger partial charge in [-0.05, 0) is 18.9 Å². The molecule has 0 amide bonds. The van der Waals surface area contributed by atoms with Gasteiger partial charge in [0, 0.05) is 5.56 Å². The zero-order chi connectivity index (χ0) is 12.7. The molecule has 0 aliphatic heterocycles. The minimum absolute atomic E-state index is 0.0297. The summed E-state index contributed by atoms with van der Waals surface area (Å²) in [6.45, 7) is 4.06. The molecule has 0 saturated heterocycles. The lowest BCUT2D eigenvalue weighted by molar-refractivity contribution is -0.142. The van der Waals surface area contributed by atoms with Crippen LogP contribution in [0.5, 0.6) is 0 Å². The lowest BCUT2D eigenvalue weighted by Crippen LogP contribution is -2.09. The highest BCUT2D eigenvalue weighted by molar-refractivity contribution is 5.94. The van der Waals surface area contributed by atoms with Crippen molar-refractivity contribution >= 4 is 11.8 Å². The molecule has 0 N–H and O–H groups in total. The summed E-state index contributed by atoms with van der Waals surface area (Å²) >= 11 is 0. The fraction of sp³-hybridized carbons (Fsp3) is 0.429. The Hall–Kier alpha value is -1.64. The van der Waals surface area contributed by atoms with E-state index in [1.807, 2.05) is 6.92 Å². The van der Waals surface area contributed by atoms with Crippen molar-refractivity contribution in [2.45, 2.75) is 33.1 Å². The van der Waals surface area contributed by atoms with Gasteiger partial charge < -0.3 is 4.74 Å². The van der Waals surface area contributed by atoms with Crippen LogP contribution in [0.25, 0.3) is 0 Å². The van der Waals surface area contributed by atoms with Gasteiger partial charge in [-0.15, -0.1) is 0 Å². The Morgan fingerprint density at radius 1 is 1.18 bits per heavy atom. The number of ether oxygens (including phenoxy) is 1. The summed E-state index contributed by atoms with van der Waals surface area (Å²) in [5.74, 6) is -0.184. The zero-order valence-electron chi connectivity index (χ0n) is 10.4. The van der Waals surface area contributed by atoms with Crippen LogP contribution >= 0.6 is 0 Å². The highest BCUT2D eigenvalue weighted by atomic mass is 16.5. The number of ketones is 1. The maximum atomic E-state index is 11.4. The van der Waals surface area contributed by atoms with Gasteiger partial charge in [-0.25, -0.2) is 0 Å². The number of hydrogen-bond acceptors (Lipinski definition) is 3. The minimum atomic E-state index is -0.214. The van der Waals surface area contributed by atoms with Crippen molar-refractivity contribution in [1.29, 1.82) is 0 Å². The van der Waals surface area contributed by atoms with Gasteiger partial charge in [0.1, 0.15) is 0 Å². The van der Waals surface area contributed by atoms with Crippen LogP contribution < -0.4 is 0 Å². The number of unbranched alkanes of at least 4 members (excludes halogenated alkanes) is 1. The van der Waals surface area contributed by atoms with E-state index in [-0.39, 0.29) is 18.2 Å². The van der Waals surface area contributed by atoms with Crippen LogP contribution in [0.3, 0.4) is 0 Å². The van der Waals surface area contributed by atoms with E-state index >= 15 is 0 Å². The van der Waals surface area contributed by atoms with Crippen LogP contribution in [0.4, 0.5) is 0 Å². The third-order valence-corrected chi connectivity index (χ3v) is 2.47. The molecule has 0 spiro atoms. The number of Topliss-reactive ketones (excluding diaryl/α,β-unsaturated/α-hetero) is 1. The van der Waals surface area contributed by atoms with Crippen molar-refractivity contribution in [3.05, 3.63) is 35.4 Å². The molecule has 0 fully saturated rings. The van der Waals surface area contributed by atoms with Gasteiger partial charge in [-0.2, -0.15) is 0 Å². The summed E-state index contributed by atoms with van der Waals surface area (Å²) < 4.78 is 5.06. The van der Waals surface area contributed by atoms with Gasteiger partial charge in [-0.3, -0.25) is 9.59 Å². The molecule has 92 valence electrons. The average Bonchev–Trinajstić information content (AvgIpc) is 2.30. The third kappa shape index (κ3) is 4.81. The second kappa shape index (κ2) is 6.84. The second-order valence-corrected chi connectivity index (χ2v) is 4.00.